The van der Waals surface area contributed by atoms with Gasteiger partial charge in [-0.05, 0) is 49.5 Å². The Labute approximate surface area is 174 Å². The van der Waals surface area contributed by atoms with Gasteiger partial charge in [0, 0.05) is 23.7 Å². The van der Waals surface area contributed by atoms with E-state index in [0.717, 1.165) is 29.9 Å². The summed E-state index contributed by atoms with van der Waals surface area (Å²) in [4.78, 5) is 22.1. The van der Waals surface area contributed by atoms with Crippen LogP contribution in [0.4, 0.5) is 5.13 Å². The Kier molecular flexibility index (Phi) is 6.88. The molecule has 3 rings (SSSR count). The van der Waals surface area contributed by atoms with Gasteiger partial charge < -0.3 is 9.64 Å². The number of carbonyl (C=O) groups is 1. The van der Waals surface area contributed by atoms with Crippen LogP contribution in [-0.4, -0.2) is 49.1 Å². The number of ether oxygens (including phenoxy) is 1. The van der Waals surface area contributed by atoms with Gasteiger partial charge in [0.1, 0.15) is 5.75 Å². The van der Waals surface area contributed by atoms with E-state index in [1.807, 2.05) is 30.3 Å². The molecule has 7 heteroatoms. The van der Waals surface area contributed by atoms with Crippen molar-refractivity contribution in [3.05, 3.63) is 53.1 Å². The fourth-order valence-electron chi connectivity index (χ4n) is 2.98. The van der Waals surface area contributed by atoms with Crippen molar-refractivity contribution in [2.75, 3.05) is 38.2 Å². The lowest BCUT2D eigenvalue weighted by molar-refractivity contribution is 0.0983. The lowest BCUT2D eigenvalue weighted by Crippen LogP contribution is -2.38. The molecule has 1 aromatic heterocycles. The maximum atomic E-state index is 13.3. The summed E-state index contributed by atoms with van der Waals surface area (Å²) in [5.74, 6) is 0.571. The van der Waals surface area contributed by atoms with Gasteiger partial charge >= 0.3 is 0 Å². The van der Waals surface area contributed by atoms with E-state index in [-0.39, 0.29) is 5.91 Å². The molecule has 1 heterocycles. The number of hydrogen-bond donors (Lipinski definition) is 0. The molecule has 0 saturated heterocycles. The predicted octanol–water partition coefficient (Wildman–Crippen LogP) is 4.95. The van der Waals surface area contributed by atoms with Gasteiger partial charge in [-0.1, -0.05) is 42.9 Å². The fraction of sp³-hybridized carbons (Fsp3) is 0.333. The number of halogens is 1. The standard InChI is InChI=1S/C21H24ClN3O2S/c1-4-24(5-2)11-12-25(20(26)15-7-6-8-17(13-15)27-3)21-23-18-10-9-16(22)14-19(18)28-21/h6-10,13-14H,4-5,11-12H2,1-3H3. The first kappa shape index (κ1) is 20.6. The summed E-state index contributed by atoms with van der Waals surface area (Å²) in [7, 11) is 1.60. The van der Waals surface area contributed by atoms with Crippen LogP contribution >= 0.6 is 22.9 Å². The summed E-state index contributed by atoms with van der Waals surface area (Å²) in [6.07, 6.45) is 0. The molecule has 0 unspecified atom stereocenters. The number of aromatic nitrogens is 1. The molecule has 0 fully saturated rings. The molecule has 3 aromatic rings. The lowest BCUT2D eigenvalue weighted by Gasteiger charge is -2.24. The van der Waals surface area contributed by atoms with E-state index in [9.17, 15) is 4.79 Å². The Balaban J connectivity index is 1.96. The van der Waals surface area contributed by atoms with Crippen LogP contribution in [0.3, 0.4) is 0 Å². The van der Waals surface area contributed by atoms with E-state index in [1.165, 1.54) is 11.3 Å². The number of rotatable bonds is 8. The normalized spacial score (nSPS) is 11.2. The molecule has 0 aliphatic carbocycles. The summed E-state index contributed by atoms with van der Waals surface area (Å²) in [6, 6.07) is 12.8. The van der Waals surface area contributed by atoms with Gasteiger partial charge in [0.25, 0.3) is 5.91 Å². The number of carbonyl (C=O) groups excluding carboxylic acids is 1. The molecule has 2 aromatic carbocycles. The van der Waals surface area contributed by atoms with Gasteiger partial charge in [-0.2, -0.15) is 0 Å². The van der Waals surface area contributed by atoms with E-state index in [1.54, 1.807) is 24.1 Å². The summed E-state index contributed by atoms with van der Waals surface area (Å²) < 4.78 is 6.24. The quantitative estimate of drug-likeness (QED) is 0.520. The van der Waals surface area contributed by atoms with E-state index in [2.05, 4.69) is 23.7 Å². The van der Waals surface area contributed by atoms with Crippen LogP contribution in [0, 0.1) is 0 Å². The molecule has 0 aliphatic heterocycles. The van der Waals surface area contributed by atoms with E-state index >= 15 is 0 Å². The molecule has 148 valence electrons. The molecule has 1 amide bonds. The van der Waals surface area contributed by atoms with Gasteiger partial charge in [-0.25, -0.2) is 4.98 Å². The molecule has 0 N–H and O–H groups in total. The van der Waals surface area contributed by atoms with Crippen molar-refractivity contribution in [3.8, 4) is 5.75 Å². The van der Waals surface area contributed by atoms with Crippen molar-refractivity contribution in [1.82, 2.24) is 9.88 Å². The van der Waals surface area contributed by atoms with Gasteiger partial charge in [0.05, 0.1) is 17.3 Å². The number of hydrogen-bond acceptors (Lipinski definition) is 5. The SMILES string of the molecule is CCN(CC)CCN(C(=O)c1cccc(OC)c1)c1nc2ccc(Cl)cc2s1. The van der Waals surface area contributed by atoms with Crippen LogP contribution in [0.15, 0.2) is 42.5 Å². The molecule has 5 nitrogen and oxygen atoms in total. The highest BCUT2D eigenvalue weighted by molar-refractivity contribution is 7.22. The number of methoxy groups -OCH3 is 1. The van der Waals surface area contributed by atoms with E-state index in [4.69, 9.17) is 16.3 Å². The monoisotopic (exact) mass is 417 g/mol. The summed E-state index contributed by atoms with van der Waals surface area (Å²) in [5, 5.41) is 1.34. The van der Waals surface area contributed by atoms with Crippen LogP contribution in [0.5, 0.6) is 5.75 Å². The molecule has 0 aliphatic rings. The van der Waals surface area contributed by atoms with E-state index in [0.29, 0.717) is 28.0 Å². The van der Waals surface area contributed by atoms with Crippen molar-refractivity contribution < 1.29 is 9.53 Å². The molecule has 0 saturated carbocycles. The Morgan fingerprint density at radius 2 is 1.93 bits per heavy atom. The van der Waals surface area contributed by atoms with Crippen molar-refractivity contribution in [3.63, 3.8) is 0 Å². The highest BCUT2D eigenvalue weighted by Crippen LogP contribution is 2.31. The van der Waals surface area contributed by atoms with Gasteiger partial charge in [-0.3, -0.25) is 9.69 Å². The summed E-state index contributed by atoms with van der Waals surface area (Å²) in [5.41, 5.74) is 1.42. The second-order valence-corrected chi connectivity index (χ2v) is 7.77. The van der Waals surface area contributed by atoms with Crippen molar-refractivity contribution in [2.45, 2.75) is 13.8 Å². The van der Waals surface area contributed by atoms with Gasteiger partial charge in [0.15, 0.2) is 5.13 Å². The fourth-order valence-corrected chi connectivity index (χ4v) is 4.25. The highest BCUT2D eigenvalue weighted by atomic mass is 35.5. The maximum absolute atomic E-state index is 13.3. The maximum Gasteiger partial charge on any atom is 0.260 e. The molecule has 0 atom stereocenters. The second kappa shape index (κ2) is 9.37. The third kappa shape index (κ3) is 4.63. The average molecular weight is 418 g/mol. The van der Waals surface area contributed by atoms with Crippen LogP contribution in [0.2, 0.25) is 5.02 Å². The van der Waals surface area contributed by atoms with Gasteiger partial charge in [0.2, 0.25) is 0 Å². The van der Waals surface area contributed by atoms with Gasteiger partial charge in [-0.15, -0.1) is 0 Å². The second-order valence-electron chi connectivity index (χ2n) is 6.32. The zero-order valence-corrected chi connectivity index (χ0v) is 17.9. The van der Waals surface area contributed by atoms with Crippen LogP contribution in [0.1, 0.15) is 24.2 Å². The van der Waals surface area contributed by atoms with Crippen molar-refractivity contribution in [2.24, 2.45) is 0 Å². The zero-order valence-electron chi connectivity index (χ0n) is 16.3. The Bertz CT molecular complexity index is 956. The number of fused-ring (bicyclic) bond motifs is 1. The minimum Gasteiger partial charge on any atom is -0.497 e. The number of anilines is 1. The number of likely N-dealkylation sites (N-methyl/N-ethyl adjacent to an activating group) is 1. The van der Waals surface area contributed by atoms with Crippen LogP contribution in [-0.2, 0) is 0 Å². The summed E-state index contributed by atoms with van der Waals surface area (Å²) in [6.45, 7) is 7.46. The topological polar surface area (TPSA) is 45.7 Å². The number of amides is 1. The minimum atomic E-state index is -0.0868. The van der Waals surface area contributed by atoms with Crippen molar-refractivity contribution >= 4 is 44.2 Å². The third-order valence-corrected chi connectivity index (χ3v) is 5.94. The molecule has 0 spiro atoms. The Hall–Kier alpha value is -2.15. The van der Waals surface area contributed by atoms with Crippen LogP contribution in [0.25, 0.3) is 10.2 Å². The number of benzene rings is 2. The highest BCUT2D eigenvalue weighted by Gasteiger charge is 2.22. The molecule has 0 radical (unpaired) electrons. The first-order chi connectivity index (χ1) is 13.5. The third-order valence-electron chi connectivity index (χ3n) is 4.67. The van der Waals surface area contributed by atoms with Crippen molar-refractivity contribution in [1.29, 1.82) is 0 Å². The lowest BCUT2D eigenvalue weighted by atomic mass is 10.2. The van der Waals surface area contributed by atoms with E-state index < -0.39 is 0 Å². The first-order valence-corrected chi connectivity index (χ1v) is 10.5. The Morgan fingerprint density at radius 1 is 1.14 bits per heavy atom. The average Bonchev–Trinajstić information content (AvgIpc) is 3.13. The first-order valence-electron chi connectivity index (χ1n) is 9.30. The summed E-state index contributed by atoms with van der Waals surface area (Å²) >= 11 is 7.60. The molecular weight excluding hydrogens is 394 g/mol. The number of nitrogens with zero attached hydrogens (tertiary/aromatic N) is 3. The number of thiazole rings is 1. The largest absolute Gasteiger partial charge is 0.497 e. The molecular formula is C21H24ClN3O2S. The zero-order chi connectivity index (χ0) is 20.1. The molecule has 28 heavy (non-hydrogen) atoms. The predicted molar refractivity (Wildman–Crippen MR) is 117 cm³/mol. The smallest absolute Gasteiger partial charge is 0.260 e. The molecule has 0 bridgehead atoms. The van der Waals surface area contributed by atoms with Crippen LogP contribution < -0.4 is 9.64 Å². The Morgan fingerprint density at radius 3 is 2.64 bits per heavy atom. The minimum absolute atomic E-state index is 0.0868.